The van der Waals surface area contributed by atoms with Gasteiger partial charge in [0.15, 0.2) is 0 Å². The number of hydrogen-bond donors (Lipinski definition) is 2. The van der Waals surface area contributed by atoms with Crippen LogP contribution in [-0.4, -0.2) is 59.9 Å². The molecule has 4 amide bonds. The summed E-state index contributed by atoms with van der Waals surface area (Å²) >= 11 is 12.1. The molecule has 1 saturated heterocycles. The molecular formula is C25H38Cl2N4O3. The summed E-state index contributed by atoms with van der Waals surface area (Å²) in [4.78, 5) is 42.0. The number of piperazine rings is 1. The summed E-state index contributed by atoms with van der Waals surface area (Å²) in [6.07, 6.45) is 6.89. The second kappa shape index (κ2) is 14.4. The van der Waals surface area contributed by atoms with Crippen molar-refractivity contribution < 1.29 is 14.4 Å². The summed E-state index contributed by atoms with van der Waals surface area (Å²) in [5.41, 5.74) is 0.417. The Morgan fingerprint density at radius 2 is 1.62 bits per heavy atom. The quantitative estimate of drug-likeness (QED) is 0.380. The van der Waals surface area contributed by atoms with E-state index in [4.69, 9.17) is 23.2 Å². The van der Waals surface area contributed by atoms with Crippen LogP contribution in [-0.2, 0) is 9.59 Å². The van der Waals surface area contributed by atoms with Crippen molar-refractivity contribution in [2.75, 3.05) is 31.5 Å². The molecule has 0 bridgehead atoms. The Morgan fingerprint density at radius 3 is 2.24 bits per heavy atom. The van der Waals surface area contributed by atoms with Crippen molar-refractivity contribution in [1.29, 1.82) is 0 Å². The van der Waals surface area contributed by atoms with E-state index < -0.39 is 12.1 Å². The number of urea groups is 1. The zero-order chi connectivity index (χ0) is 25.1. The van der Waals surface area contributed by atoms with Crippen molar-refractivity contribution in [1.82, 2.24) is 15.1 Å². The molecule has 9 heteroatoms. The molecule has 1 aromatic rings. The maximum atomic E-state index is 13.3. The molecule has 1 fully saturated rings. The Kier molecular flexibility index (Phi) is 12.0. The number of rotatable bonds is 11. The number of anilines is 1. The van der Waals surface area contributed by atoms with Crippen LogP contribution in [0.3, 0.4) is 0 Å². The van der Waals surface area contributed by atoms with Gasteiger partial charge in [-0.3, -0.25) is 9.59 Å². The monoisotopic (exact) mass is 512 g/mol. The number of unbranched alkanes of at least 4 members (excludes halogenated alkanes) is 4. The van der Waals surface area contributed by atoms with E-state index in [9.17, 15) is 14.4 Å². The first kappa shape index (κ1) is 28.2. The lowest BCUT2D eigenvalue weighted by atomic mass is 9.97. The number of hydrogen-bond acceptors (Lipinski definition) is 3. The highest BCUT2D eigenvalue weighted by molar-refractivity contribution is 6.36. The van der Waals surface area contributed by atoms with Crippen LogP contribution in [0.25, 0.3) is 0 Å². The molecule has 2 N–H and O–H groups in total. The molecule has 34 heavy (non-hydrogen) atoms. The third-order valence-corrected chi connectivity index (χ3v) is 6.93. The van der Waals surface area contributed by atoms with E-state index in [1.807, 2.05) is 18.7 Å². The normalized spacial score (nSPS) is 15.6. The van der Waals surface area contributed by atoms with Gasteiger partial charge in [0.2, 0.25) is 11.8 Å². The fourth-order valence-corrected chi connectivity index (χ4v) is 4.44. The molecule has 2 rings (SSSR count). The van der Waals surface area contributed by atoms with Gasteiger partial charge in [-0.2, -0.15) is 0 Å². The van der Waals surface area contributed by atoms with E-state index in [0.29, 0.717) is 48.3 Å². The maximum absolute atomic E-state index is 13.3. The highest BCUT2D eigenvalue weighted by atomic mass is 35.5. The van der Waals surface area contributed by atoms with Crippen LogP contribution in [0.5, 0.6) is 0 Å². The molecule has 1 aromatic carbocycles. The second-order valence-electron chi connectivity index (χ2n) is 8.96. The minimum atomic E-state index is -0.670. The predicted molar refractivity (Wildman–Crippen MR) is 138 cm³/mol. The zero-order valence-corrected chi connectivity index (χ0v) is 22.1. The molecule has 2 atom stereocenters. The largest absolute Gasteiger partial charge is 0.339 e. The van der Waals surface area contributed by atoms with E-state index in [-0.39, 0.29) is 17.7 Å². The third-order valence-electron chi connectivity index (χ3n) is 6.38. The van der Waals surface area contributed by atoms with Crippen LogP contribution in [0, 0.1) is 5.92 Å². The summed E-state index contributed by atoms with van der Waals surface area (Å²) in [5, 5.41) is 6.30. The van der Waals surface area contributed by atoms with E-state index in [1.165, 1.54) is 19.3 Å². The number of benzene rings is 1. The number of carbonyl (C=O) groups is 3. The minimum Gasteiger partial charge on any atom is -0.339 e. The summed E-state index contributed by atoms with van der Waals surface area (Å²) in [6.45, 7) is 8.10. The zero-order valence-electron chi connectivity index (χ0n) is 20.5. The average Bonchev–Trinajstić information content (AvgIpc) is 2.83. The van der Waals surface area contributed by atoms with Crippen molar-refractivity contribution in [2.24, 2.45) is 5.92 Å². The van der Waals surface area contributed by atoms with Crippen molar-refractivity contribution in [3.8, 4) is 0 Å². The van der Waals surface area contributed by atoms with Gasteiger partial charge in [0, 0.05) is 37.6 Å². The first-order valence-corrected chi connectivity index (χ1v) is 13.1. The minimum absolute atomic E-state index is 0.0540. The molecule has 1 aliphatic rings. The fraction of sp³-hybridized carbons (Fsp3) is 0.640. The van der Waals surface area contributed by atoms with E-state index >= 15 is 0 Å². The molecule has 1 heterocycles. The molecule has 1 aliphatic heterocycles. The lowest BCUT2D eigenvalue weighted by molar-refractivity contribution is -0.141. The van der Waals surface area contributed by atoms with Gasteiger partial charge in [0.25, 0.3) is 0 Å². The van der Waals surface area contributed by atoms with Crippen LogP contribution in [0.15, 0.2) is 18.2 Å². The average molecular weight is 514 g/mol. The summed E-state index contributed by atoms with van der Waals surface area (Å²) in [5.74, 6) is -0.0143. The van der Waals surface area contributed by atoms with E-state index in [2.05, 4.69) is 17.6 Å². The lowest BCUT2D eigenvalue weighted by Crippen LogP contribution is -2.57. The smallest absolute Gasteiger partial charge is 0.319 e. The topological polar surface area (TPSA) is 81.8 Å². The van der Waals surface area contributed by atoms with Gasteiger partial charge < -0.3 is 20.4 Å². The first-order chi connectivity index (χ1) is 16.3. The van der Waals surface area contributed by atoms with Gasteiger partial charge in [-0.1, -0.05) is 76.1 Å². The van der Waals surface area contributed by atoms with Crippen LogP contribution < -0.4 is 10.6 Å². The Hall–Kier alpha value is -1.99. The van der Waals surface area contributed by atoms with Crippen molar-refractivity contribution in [2.45, 2.75) is 71.8 Å². The van der Waals surface area contributed by atoms with Gasteiger partial charge in [-0.05, 0) is 30.5 Å². The molecule has 0 aliphatic carbocycles. The van der Waals surface area contributed by atoms with Crippen molar-refractivity contribution in [3.63, 3.8) is 0 Å². The van der Waals surface area contributed by atoms with Crippen molar-refractivity contribution in [3.05, 3.63) is 28.2 Å². The predicted octanol–water partition coefficient (Wildman–Crippen LogP) is 5.56. The van der Waals surface area contributed by atoms with Crippen LogP contribution >= 0.6 is 23.2 Å². The summed E-state index contributed by atoms with van der Waals surface area (Å²) < 4.78 is 0. The summed E-state index contributed by atoms with van der Waals surface area (Å²) in [6, 6.07) is 3.62. The second-order valence-corrected chi connectivity index (χ2v) is 9.80. The standard InChI is InChI=1S/C25H38Cl2N4O3/c1-4-6-7-8-9-10-22(32)30-13-15-31(16-14-30)24(33)23(18(3)5-2)29-25(34)28-21-12-11-19(26)17-20(21)27/h11-12,17-18,23H,4-10,13-16H2,1-3H3,(H2,28,29,34). The molecule has 190 valence electrons. The van der Waals surface area contributed by atoms with Crippen LogP contribution in [0.1, 0.15) is 65.7 Å². The van der Waals surface area contributed by atoms with Crippen LogP contribution in [0.4, 0.5) is 10.5 Å². The van der Waals surface area contributed by atoms with E-state index in [0.717, 1.165) is 19.3 Å². The molecular weight excluding hydrogens is 475 g/mol. The highest BCUT2D eigenvalue weighted by Crippen LogP contribution is 2.25. The number of nitrogens with one attached hydrogen (secondary N) is 2. The molecule has 0 spiro atoms. The van der Waals surface area contributed by atoms with Gasteiger partial charge in [0.05, 0.1) is 10.7 Å². The van der Waals surface area contributed by atoms with Gasteiger partial charge in [-0.15, -0.1) is 0 Å². The molecule has 2 unspecified atom stereocenters. The third kappa shape index (κ3) is 8.66. The van der Waals surface area contributed by atoms with Gasteiger partial charge >= 0.3 is 6.03 Å². The van der Waals surface area contributed by atoms with Gasteiger partial charge in [0.1, 0.15) is 6.04 Å². The number of amides is 4. The first-order valence-electron chi connectivity index (χ1n) is 12.4. The lowest BCUT2D eigenvalue weighted by Gasteiger charge is -2.37. The highest BCUT2D eigenvalue weighted by Gasteiger charge is 2.32. The molecule has 0 radical (unpaired) electrons. The van der Waals surface area contributed by atoms with Crippen LogP contribution in [0.2, 0.25) is 10.0 Å². The van der Waals surface area contributed by atoms with Crippen molar-refractivity contribution >= 4 is 46.7 Å². The SMILES string of the molecule is CCCCCCCC(=O)N1CCN(C(=O)C(NC(=O)Nc2ccc(Cl)cc2Cl)C(C)CC)CC1. The Labute approximate surface area is 213 Å². The number of carbonyl (C=O) groups excluding carboxylic acids is 3. The Balaban J connectivity index is 1.89. The molecule has 7 nitrogen and oxygen atoms in total. The number of nitrogens with zero attached hydrogens (tertiary/aromatic N) is 2. The Bertz CT molecular complexity index is 828. The Morgan fingerprint density at radius 1 is 0.971 bits per heavy atom. The summed E-state index contributed by atoms with van der Waals surface area (Å²) in [7, 11) is 0. The number of halogens is 2. The van der Waals surface area contributed by atoms with E-state index in [1.54, 1.807) is 23.1 Å². The molecule has 0 aromatic heterocycles. The fourth-order valence-electron chi connectivity index (χ4n) is 3.98. The molecule has 0 saturated carbocycles. The maximum Gasteiger partial charge on any atom is 0.319 e. The van der Waals surface area contributed by atoms with Gasteiger partial charge in [-0.25, -0.2) is 4.79 Å².